The van der Waals surface area contributed by atoms with Crippen LogP contribution >= 0.6 is 34.5 Å². The van der Waals surface area contributed by atoms with Crippen LogP contribution in [0.25, 0.3) is 0 Å². The normalized spacial score (nSPS) is 9.80. The van der Waals surface area contributed by atoms with E-state index in [4.69, 9.17) is 11.6 Å². The van der Waals surface area contributed by atoms with E-state index in [-0.39, 0.29) is 0 Å². The van der Waals surface area contributed by atoms with E-state index in [1.54, 1.807) is 0 Å². The smallest absolute Gasteiger partial charge is 0.0451 e. The highest BCUT2D eigenvalue weighted by atomic mass is 127. The van der Waals surface area contributed by atoms with Crippen LogP contribution in [0.3, 0.4) is 0 Å². The third-order valence-electron chi connectivity index (χ3n) is 1.22. The lowest BCUT2D eigenvalue weighted by Crippen LogP contribution is -1.97. The van der Waals surface area contributed by atoms with Gasteiger partial charge < -0.3 is 0 Å². The first-order valence-electron chi connectivity index (χ1n) is 2.91. The highest BCUT2D eigenvalue weighted by Gasteiger charge is 1.94. The molecule has 0 aromatic heterocycles. The average molecular weight is 267 g/mol. The molecule has 0 radical (unpaired) electrons. The fourth-order valence-electron chi connectivity index (χ4n) is 0.714. The maximum absolute atomic E-state index is 5.86. The molecule has 1 aromatic rings. The van der Waals surface area contributed by atoms with Crippen molar-refractivity contribution in [2.45, 2.75) is 6.54 Å². The minimum Gasteiger partial charge on any atom is -0.257 e. The van der Waals surface area contributed by atoms with Gasteiger partial charge in [-0.3, -0.25) is 3.53 Å². The van der Waals surface area contributed by atoms with Gasteiger partial charge in [0.25, 0.3) is 0 Å². The highest BCUT2D eigenvalue weighted by molar-refractivity contribution is 14.1. The van der Waals surface area contributed by atoms with E-state index >= 15 is 0 Å². The van der Waals surface area contributed by atoms with Crippen LogP contribution in [0.4, 0.5) is 0 Å². The van der Waals surface area contributed by atoms with E-state index in [1.807, 2.05) is 24.3 Å². The molecule has 1 aromatic carbocycles. The molecule has 1 rings (SSSR count). The summed E-state index contributed by atoms with van der Waals surface area (Å²) in [6.45, 7) is 0.820. The molecule has 54 valence electrons. The van der Waals surface area contributed by atoms with E-state index in [0.29, 0.717) is 0 Å². The van der Waals surface area contributed by atoms with Crippen molar-refractivity contribution in [1.82, 2.24) is 3.53 Å². The molecule has 0 spiro atoms. The predicted octanol–water partition coefficient (Wildman–Crippen LogP) is 2.78. The summed E-state index contributed by atoms with van der Waals surface area (Å²) in [5.41, 5.74) is 1.14. The first-order valence-corrected chi connectivity index (χ1v) is 4.37. The van der Waals surface area contributed by atoms with Gasteiger partial charge in [-0.05, 0) is 11.6 Å². The molecule has 0 saturated heterocycles. The summed E-state index contributed by atoms with van der Waals surface area (Å²) in [5, 5.41) is 0.826. The van der Waals surface area contributed by atoms with Crippen LogP contribution in [0.15, 0.2) is 24.3 Å². The van der Waals surface area contributed by atoms with Gasteiger partial charge >= 0.3 is 0 Å². The Hall–Kier alpha value is 0.200. The topological polar surface area (TPSA) is 12.0 Å². The Kier molecular flexibility index (Phi) is 3.45. The van der Waals surface area contributed by atoms with Gasteiger partial charge in [0.15, 0.2) is 0 Å². The minimum atomic E-state index is 0.820. The van der Waals surface area contributed by atoms with Crippen LogP contribution in [-0.2, 0) is 6.54 Å². The van der Waals surface area contributed by atoms with Crippen LogP contribution in [0, 0.1) is 0 Å². The zero-order chi connectivity index (χ0) is 7.40. The quantitative estimate of drug-likeness (QED) is 0.642. The zero-order valence-electron chi connectivity index (χ0n) is 5.27. The van der Waals surface area contributed by atoms with Crippen LogP contribution in [-0.4, -0.2) is 0 Å². The van der Waals surface area contributed by atoms with Gasteiger partial charge in [0.1, 0.15) is 0 Å². The first kappa shape index (κ1) is 8.30. The number of benzene rings is 1. The standard InChI is InChI=1S/C7H7ClIN/c8-7-4-2-1-3-6(7)5-10-9/h1-4,10H,5H2. The maximum Gasteiger partial charge on any atom is 0.0451 e. The van der Waals surface area contributed by atoms with Crippen LogP contribution in [0.5, 0.6) is 0 Å². The van der Waals surface area contributed by atoms with Crippen molar-refractivity contribution in [2.24, 2.45) is 0 Å². The van der Waals surface area contributed by atoms with Gasteiger partial charge in [0, 0.05) is 34.4 Å². The Morgan fingerprint density at radius 2 is 2.10 bits per heavy atom. The third-order valence-corrected chi connectivity index (χ3v) is 1.97. The van der Waals surface area contributed by atoms with Gasteiger partial charge in [-0.2, -0.15) is 0 Å². The van der Waals surface area contributed by atoms with Gasteiger partial charge in [-0.15, -0.1) is 0 Å². The molecule has 0 unspecified atom stereocenters. The second-order valence-corrected chi connectivity index (χ2v) is 3.07. The van der Waals surface area contributed by atoms with Gasteiger partial charge in [0.2, 0.25) is 0 Å². The molecule has 0 saturated carbocycles. The maximum atomic E-state index is 5.86. The molecule has 0 atom stereocenters. The van der Waals surface area contributed by atoms with Gasteiger partial charge in [-0.25, -0.2) is 0 Å². The summed E-state index contributed by atoms with van der Waals surface area (Å²) in [6, 6.07) is 7.81. The number of halogens is 2. The zero-order valence-corrected chi connectivity index (χ0v) is 8.19. The van der Waals surface area contributed by atoms with Crippen molar-refractivity contribution in [3.05, 3.63) is 34.9 Å². The highest BCUT2D eigenvalue weighted by Crippen LogP contribution is 2.14. The van der Waals surface area contributed by atoms with Gasteiger partial charge in [0.05, 0.1) is 0 Å². The van der Waals surface area contributed by atoms with Crippen molar-refractivity contribution in [3.8, 4) is 0 Å². The van der Waals surface area contributed by atoms with E-state index in [9.17, 15) is 0 Å². The fraction of sp³-hybridized carbons (Fsp3) is 0.143. The van der Waals surface area contributed by atoms with Crippen LogP contribution < -0.4 is 3.53 Å². The molecule has 0 aliphatic heterocycles. The summed E-state index contributed by atoms with van der Waals surface area (Å²) < 4.78 is 3.01. The summed E-state index contributed by atoms with van der Waals surface area (Å²) >= 11 is 7.96. The molecule has 0 bridgehead atoms. The second kappa shape index (κ2) is 4.16. The lowest BCUT2D eigenvalue weighted by atomic mass is 10.2. The van der Waals surface area contributed by atoms with E-state index in [1.165, 1.54) is 0 Å². The Morgan fingerprint density at radius 1 is 1.40 bits per heavy atom. The largest absolute Gasteiger partial charge is 0.257 e. The molecule has 0 aliphatic rings. The first-order chi connectivity index (χ1) is 4.84. The Balaban J connectivity index is 2.81. The number of hydrogen-bond acceptors (Lipinski definition) is 1. The summed E-state index contributed by atoms with van der Waals surface area (Å²) in [5.74, 6) is 0. The monoisotopic (exact) mass is 267 g/mol. The molecule has 0 fully saturated rings. The van der Waals surface area contributed by atoms with Gasteiger partial charge in [-0.1, -0.05) is 29.8 Å². The lowest BCUT2D eigenvalue weighted by molar-refractivity contribution is 1.01. The number of nitrogens with one attached hydrogen (secondary N) is 1. The molecule has 0 heterocycles. The molecule has 0 aliphatic carbocycles. The molecule has 1 N–H and O–H groups in total. The van der Waals surface area contributed by atoms with Crippen molar-refractivity contribution in [2.75, 3.05) is 0 Å². The molecule has 0 amide bonds. The summed E-state index contributed by atoms with van der Waals surface area (Å²) in [4.78, 5) is 0. The Labute approximate surface area is 79.3 Å². The fourth-order valence-corrected chi connectivity index (χ4v) is 1.33. The Morgan fingerprint density at radius 3 is 2.70 bits per heavy atom. The lowest BCUT2D eigenvalue weighted by Gasteiger charge is -1.99. The van der Waals surface area contributed by atoms with Crippen molar-refractivity contribution < 1.29 is 0 Å². The van der Waals surface area contributed by atoms with E-state index in [0.717, 1.165) is 17.1 Å². The summed E-state index contributed by atoms with van der Waals surface area (Å²) in [7, 11) is 0. The minimum absolute atomic E-state index is 0.820. The summed E-state index contributed by atoms with van der Waals surface area (Å²) in [6.07, 6.45) is 0. The molecular formula is C7H7ClIN. The average Bonchev–Trinajstić information content (AvgIpc) is 1.94. The molecular weight excluding hydrogens is 260 g/mol. The predicted molar refractivity (Wildman–Crippen MR) is 52.3 cm³/mol. The number of hydrogen-bond donors (Lipinski definition) is 1. The Bertz CT molecular complexity index is 215. The van der Waals surface area contributed by atoms with Crippen LogP contribution in [0.1, 0.15) is 5.56 Å². The SMILES string of the molecule is Clc1ccccc1CNI. The molecule has 3 heteroatoms. The third kappa shape index (κ3) is 2.11. The second-order valence-electron chi connectivity index (χ2n) is 1.90. The number of rotatable bonds is 2. The van der Waals surface area contributed by atoms with Crippen molar-refractivity contribution in [3.63, 3.8) is 0 Å². The molecule has 1 nitrogen and oxygen atoms in total. The van der Waals surface area contributed by atoms with E-state index < -0.39 is 0 Å². The van der Waals surface area contributed by atoms with Crippen LogP contribution in [0.2, 0.25) is 5.02 Å². The van der Waals surface area contributed by atoms with Crippen molar-refractivity contribution >= 4 is 34.5 Å². The molecule has 10 heavy (non-hydrogen) atoms. The van der Waals surface area contributed by atoms with E-state index in [2.05, 4.69) is 26.4 Å². The van der Waals surface area contributed by atoms with Crippen molar-refractivity contribution in [1.29, 1.82) is 0 Å².